The number of aromatic nitrogens is 1. The Hall–Kier alpha value is -3.23. The van der Waals surface area contributed by atoms with E-state index in [4.69, 9.17) is 4.42 Å². The van der Waals surface area contributed by atoms with Crippen molar-refractivity contribution in [1.29, 1.82) is 0 Å². The highest BCUT2D eigenvalue weighted by Gasteiger charge is 2.32. The van der Waals surface area contributed by atoms with E-state index in [2.05, 4.69) is 0 Å². The summed E-state index contributed by atoms with van der Waals surface area (Å²) >= 11 is 0. The third kappa shape index (κ3) is 3.67. The predicted octanol–water partition coefficient (Wildman–Crippen LogP) is 3.52. The van der Waals surface area contributed by atoms with Crippen molar-refractivity contribution in [1.82, 2.24) is 9.47 Å². The first-order valence-electron chi connectivity index (χ1n) is 9.57. The molecule has 0 saturated carbocycles. The van der Waals surface area contributed by atoms with E-state index in [1.807, 2.05) is 4.90 Å². The van der Waals surface area contributed by atoms with Crippen molar-refractivity contribution in [3.8, 4) is 0 Å². The smallest absolute Gasteiger partial charge is 0.408 e. The summed E-state index contributed by atoms with van der Waals surface area (Å²) in [5.74, 6) is -0.827. The van der Waals surface area contributed by atoms with Crippen molar-refractivity contribution in [3.05, 3.63) is 64.6 Å². The lowest BCUT2D eigenvalue weighted by atomic mass is 10.1. The van der Waals surface area contributed by atoms with Crippen LogP contribution in [0.5, 0.6) is 0 Å². The van der Waals surface area contributed by atoms with Gasteiger partial charge in [-0.25, -0.2) is 4.79 Å². The van der Waals surface area contributed by atoms with Crippen molar-refractivity contribution in [2.45, 2.75) is 19.1 Å². The molecule has 3 aromatic rings. The van der Waals surface area contributed by atoms with Crippen LogP contribution in [-0.4, -0.2) is 41.6 Å². The standard InChI is InChI=1S/C21H20F3N3O3/c1-14(27-17-7-2-3-8-18(17)30-20(27)29)19(28)26-11-9-25(10-12-26)16-6-4-5-15(13-16)21(22,23)24/h2-8,13-14H,9-12H2,1H3. The van der Waals surface area contributed by atoms with Crippen LogP contribution in [0.3, 0.4) is 0 Å². The zero-order valence-corrected chi connectivity index (χ0v) is 16.2. The molecule has 0 aliphatic carbocycles. The molecule has 1 unspecified atom stereocenters. The van der Waals surface area contributed by atoms with E-state index < -0.39 is 23.5 Å². The first kappa shape index (κ1) is 20.1. The normalized spacial score (nSPS) is 16.1. The van der Waals surface area contributed by atoms with Crippen molar-refractivity contribution in [3.63, 3.8) is 0 Å². The molecule has 1 aliphatic rings. The van der Waals surface area contributed by atoms with Gasteiger partial charge in [0.2, 0.25) is 5.91 Å². The molecule has 9 heteroatoms. The van der Waals surface area contributed by atoms with Crippen LogP contribution in [0.1, 0.15) is 18.5 Å². The highest BCUT2D eigenvalue weighted by molar-refractivity contribution is 5.83. The second-order valence-corrected chi connectivity index (χ2v) is 7.24. The van der Waals surface area contributed by atoms with Gasteiger partial charge in [-0.3, -0.25) is 9.36 Å². The minimum Gasteiger partial charge on any atom is -0.408 e. The number of halogens is 3. The average Bonchev–Trinajstić information content (AvgIpc) is 3.08. The maximum atomic E-state index is 13.0. The van der Waals surface area contributed by atoms with Crippen molar-refractivity contribution in [2.75, 3.05) is 31.1 Å². The molecule has 0 bridgehead atoms. The van der Waals surface area contributed by atoms with Crippen LogP contribution in [-0.2, 0) is 11.0 Å². The van der Waals surface area contributed by atoms with Gasteiger partial charge in [-0.15, -0.1) is 0 Å². The fourth-order valence-corrected chi connectivity index (χ4v) is 3.79. The zero-order chi connectivity index (χ0) is 21.5. The molecular weight excluding hydrogens is 399 g/mol. The molecule has 1 saturated heterocycles. The van der Waals surface area contributed by atoms with Gasteiger partial charge in [0.05, 0.1) is 11.1 Å². The highest BCUT2D eigenvalue weighted by Crippen LogP contribution is 2.32. The highest BCUT2D eigenvalue weighted by atomic mass is 19.4. The number of fused-ring (bicyclic) bond motifs is 1. The molecule has 0 N–H and O–H groups in total. The Morgan fingerprint density at radius 1 is 1.03 bits per heavy atom. The van der Waals surface area contributed by atoms with Gasteiger partial charge in [0.15, 0.2) is 5.58 Å². The maximum Gasteiger partial charge on any atom is 0.420 e. The molecular formula is C21H20F3N3O3. The quantitative estimate of drug-likeness (QED) is 0.652. The molecule has 158 valence electrons. The lowest BCUT2D eigenvalue weighted by Crippen LogP contribution is -2.50. The molecule has 1 atom stereocenters. The fraction of sp³-hybridized carbons (Fsp3) is 0.333. The van der Waals surface area contributed by atoms with Crippen molar-refractivity contribution >= 4 is 22.7 Å². The van der Waals surface area contributed by atoms with E-state index >= 15 is 0 Å². The van der Waals surface area contributed by atoms with E-state index in [0.717, 1.165) is 12.1 Å². The topological polar surface area (TPSA) is 58.7 Å². The van der Waals surface area contributed by atoms with Crippen LogP contribution >= 0.6 is 0 Å². The fourth-order valence-electron chi connectivity index (χ4n) is 3.79. The third-order valence-corrected chi connectivity index (χ3v) is 5.39. The number of para-hydroxylation sites is 2. The summed E-state index contributed by atoms with van der Waals surface area (Å²) in [7, 11) is 0. The summed E-state index contributed by atoms with van der Waals surface area (Å²) in [6.07, 6.45) is -4.40. The largest absolute Gasteiger partial charge is 0.420 e. The molecule has 0 radical (unpaired) electrons. The van der Waals surface area contributed by atoms with E-state index in [1.54, 1.807) is 42.2 Å². The van der Waals surface area contributed by atoms with E-state index in [0.29, 0.717) is 43.0 Å². The second kappa shape index (κ2) is 7.55. The molecule has 2 heterocycles. The molecule has 6 nitrogen and oxygen atoms in total. The van der Waals surface area contributed by atoms with Crippen LogP contribution in [0.4, 0.5) is 18.9 Å². The molecule has 1 aromatic heterocycles. The Labute approximate surface area is 170 Å². The SMILES string of the molecule is CC(C(=O)N1CCN(c2cccc(C(F)(F)F)c2)CC1)n1c(=O)oc2ccccc21. The van der Waals surface area contributed by atoms with Gasteiger partial charge in [0.25, 0.3) is 0 Å². The number of piperazine rings is 1. The number of oxazole rings is 1. The van der Waals surface area contributed by atoms with Gasteiger partial charge in [-0.1, -0.05) is 18.2 Å². The Bertz CT molecular complexity index is 1130. The number of anilines is 1. The molecule has 30 heavy (non-hydrogen) atoms. The van der Waals surface area contributed by atoms with Gasteiger partial charge < -0.3 is 14.2 Å². The lowest BCUT2D eigenvalue weighted by molar-refractivity contribution is -0.137. The molecule has 2 aromatic carbocycles. The Morgan fingerprint density at radius 2 is 1.73 bits per heavy atom. The summed E-state index contributed by atoms with van der Waals surface area (Å²) in [6, 6.07) is 11.3. The Kier molecular flexibility index (Phi) is 5.05. The van der Waals surface area contributed by atoms with E-state index in [-0.39, 0.29) is 5.91 Å². The predicted molar refractivity (Wildman–Crippen MR) is 105 cm³/mol. The number of nitrogens with zero attached hydrogens (tertiary/aromatic N) is 3. The zero-order valence-electron chi connectivity index (χ0n) is 16.2. The maximum absolute atomic E-state index is 13.0. The first-order chi connectivity index (χ1) is 14.3. The van der Waals surface area contributed by atoms with Crippen molar-refractivity contribution < 1.29 is 22.4 Å². The van der Waals surface area contributed by atoms with Crippen molar-refractivity contribution in [2.24, 2.45) is 0 Å². The van der Waals surface area contributed by atoms with Gasteiger partial charge in [0, 0.05) is 31.9 Å². The van der Waals surface area contributed by atoms with E-state index in [1.165, 1.54) is 10.6 Å². The number of alkyl halides is 3. The lowest BCUT2D eigenvalue weighted by Gasteiger charge is -2.37. The summed E-state index contributed by atoms with van der Waals surface area (Å²) < 4.78 is 45.4. The molecule has 1 aliphatic heterocycles. The van der Waals surface area contributed by atoms with Gasteiger partial charge in [-0.05, 0) is 37.3 Å². The number of carbonyl (C=O) groups excluding carboxylic acids is 1. The van der Waals surface area contributed by atoms with Crippen LogP contribution in [0.25, 0.3) is 11.1 Å². The third-order valence-electron chi connectivity index (χ3n) is 5.39. The van der Waals surface area contributed by atoms with Crippen LogP contribution in [0.15, 0.2) is 57.7 Å². The van der Waals surface area contributed by atoms with Crippen LogP contribution in [0.2, 0.25) is 0 Å². The van der Waals surface area contributed by atoms with E-state index in [9.17, 15) is 22.8 Å². The molecule has 4 rings (SSSR count). The summed E-state index contributed by atoms with van der Waals surface area (Å²) in [5, 5.41) is 0. The molecule has 1 amide bonds. The summed E-state index contributed by atoms with van der Waals surface area (Å²) in [4.78, 5) is 28.7. The summed E-state index contributed by atoms with van der Waals surface area (Å²) in [6.45, 7) is 3.15. The average molecular weight is 419 g/mol. The number of rotatable bonds is 3. The number of hydrogen-bond acceptors (Lipinski definition) is 4. The Balaban J connectivity index is 1.47. The molecule has 1 fully saturated rings. The number of benzene rings is 2. The van der Waals surface area contributed by atoms with Crippen LogP contribution in [0, 0.1) is 0 Å². The minimum absolute atomic E-state index is 0.229. The molecule has 0 spiro atoms. The second-order valence-electron chi connectivity index (χ2n) is 7.24. The number of hydrogen-bond donors (Lipinski definition) is 0. The number of carbonyl (C=O) groups is 1. The Morgan fingerprint density at radius 3 is 2.43 bits per heavy atom. The van der Waals surface area contributed by atoms with Gasteiger partial charge >= 0.3 is 11.9 Å². The first-order valence-corrected chi connectivity index (χ1v) is 9.57. The number of amides is 1. The van der Waals surface area contributed by atoms with Gasteiger partial charge in [-0.2, -0.15) is 13.2 Å². The summed E-state index contributed by atoms with van der Waals surface area (Å²) in [5.41, 5.74) is 0.739. The minimum atomic E-state index is -4.40. The monoisotopic (exact) mass is 419 g/mol. The van der Waals surface area contributed by atoms with Crippen LogP contribution < -0.4 is 10.7 Å². The van der Waals surface area contributed by atoms with Gasteiger partial charge in [0.1, 0.15) is 6.04 Å².